The van der Waals surface area contributed by atoms with Gasteiger partial charge in [0.15, 0.2) is 9.84 Å². The summed E-state index contributed by atoms with van der Waals surface area (Å²) in [7, 11) is -3.68. The van der Waals surface area contributed by atoms with Crippen molar-refractivity contribution in [2.75, 3.05) is 0 Å². The minimum atomic E-state index is -3.68. The van der Waals surface area contributed by atoms with E-state index >= 15 is 0 Å². The number of rotatable bonds is 3. The molecule has 0 radical (unpaired) electrons. The lowest BCUT2D eigenvalue weighted by Crippen LogP contribution is -2.53. The molecule has 3 aliphatic rings. The smallest absolute Gasteiger partial charge is 0.236 e. The largest absolute Gasteiger partial charge is 0.264 e. The van der Waals surface area contributed by atoms with E-state index in [9.17, 15) is 18.5 Å². The van der Waals surface area contributed by atoms with Gasteiger partial charge in [-0.3, -0.25) is 10.1 Å². The van der Waals surface area contributed by atoms with E-state index in [4.69, 9.17) is 0 Å². The van der Waals surface area contributed by atoms with Crippen molar-refractivity contribution < 1.29 is 13.3 Å². The van der Waals surface area contributed by atoms with E-state index in [0.717, 1.165) is 0 Å². The van der Waals surface area contributed by atoms with Gasteiger partial charge in [-0.1, -0.05) is 30.4 Å². The Morgan fingerprint density at radius 2 is 1.65 bits per heavy atom. The van der Waals surface area contributed by atoms with Crippen LogP contribution in [0, 0.1) is 22.0 Å². The summed E-state index contributed by atoms with van der Waals surface area (Å²) in [4.78, 5) is 11.1. The first-order chi connectivity index (χ1) is 9.51. The van der Waals surface area contributed by atoms with Crippen LogP contribution < -0.4 is 0 Å². The zero-order chi connectivity index (χ0) is 14.3. The maximum Gasteiger partial charge on any atom is 0.236 e. The molecule has 0 heterocycles. The summed E-state index contributed by atoms with van der Waals surface area (Å²) < 4.78 is 25.5. The second kappa shape index (κ2) is 4.70. The number of benzene rings is 1. The average molecular weight is 293 g/mol. The molecule has 4 atom stereocenters. The van der Waals surface area contributed by atoms with E-state index in [1.165, 1.54) is 12.1 Å². The Morgan fingerprint density at radius 3 is 2.20 bits per heavy atom. The molecule has 1 aromatic carbocycles. The number of nitrogens with zero attached hydrogens (tertiary/aromatic N) is 1. The Kier molecular flexibility index (Phi) is 3.12. The molecule has 0 aromatic heterocycles. The second-order valence-corrected chi connectivity index (χ2v) is 7.49. The van der Waals surface area contributed by atoms with Crippen molar-refractivity contribution in [1.82, 2.24) is 0 Å². The summed E-state index contributed by atoms with van der Waals surface area (Å²) in [6.07, 6.45) is 5.08. The molecule has 0 spiro atoms. The summed E-state index contributed by atoms with van der Waals surface area (Å²) in [6.45, 7) is 0. The maximum absolute atomic E-state index is 12.8. The molecule has 1 saturated carbocycles. The highest BCUT2D eigenvalue weighted by Gasteiger charge is 2.54. The van der Waals surface area contributed by atoms with Gasteiger partial charge in [0.1, 0.15) is 5.25 Å². The van der Waals surface area contributed by atoms with E-state index in [2.05, 4.69) is 0 Å². The lowest BCUT2D eigenvalue weighted by Gasteiger charge is -2.39. The summed E-state index contributed by atoms with van der Waals surface area (Å²) in [5, 5.41) is 10.4. The van der Waals surface area contributed by atoms with E-state index < -0.39 is 26.1 Å². The van der Waals surface area contributed by atoms with Crippen LogP contribution in [0.4, 0.5) is 0 Å². The van der Waals surface area contributed by atoms with Crippen LogP contribution in [0.3, 0.4) is 0 Å². The van der Waals surface area contributed by atoms with E-state index in [0.29, 0.717) is 12.8 Å². The number of hydrogen-bond donors (Lipinski definition) is 0. The number of fused-ring (bicyclic) bond motifs is 2. The van der Waals surface area contributed by atoms with Crippen LogP contribution >= 0.6 is 0 Å². The van der Waals surface area contributed by atoms with Gasteiger partial charge in [-0.25, -0.2) is 8.42 Å². The zero-order valence-corrected chi connectivity index (χ0v) is 11.6. The third-order valence-electron chi connectivity index (χ3n) is 4.31. The van der Waals surface area contributed by atoms with Crippen LogP contribution in [0.5, 0.6) is 0 Å². The molecule has 3 aliphatic carbocycles. The van der Waals surface area contributed by atoms with Gasteiger partial charge in [0.05, 0.1) is 4.90 Å². The van der Waals surface area contributed by atoms with Crippen molar-refractivity contribution in [2.24, 2.45) is 11.8 Å². The Labute approximate surface area is 117 Å². The van der Waals surface area contributed by atoms with Crippen molar-refractivity contribution in [2.45, 2.75) is 29.0 Å². The van der Waals surface area contributed by atoms with Gasteiger partial charge < -0.3 is 0 Å². The standard InChI is InChI=1S/C14H15NO4S/c16-15(17)13-10-6-8-11(9-7-10)14(13)20(18,19)12-4-2-1-3-5-12/h1-6,8,10-11,13-14H,7,9H2/t10-,11+,13+,14+/m0/s1. The van der Waals surface area contributed by atoms with Gasteiger partial charge in [-0.2, -0.15) is 0 Å². The molecular formula is C14H15NO4S. The monoisotopic (exact) mass is 293 g/mol. The van der Waals surface area contributed by atoms with Gasteiger partial charge in [-0.15, -0.1) is 0 Å². The van der Waals surface area contributed by atoms with Crippen LogP contribution in [0.1, 0.15) is 12.8 Å². The molecule has 1 aromatic rings. The molecule has 0 amide bonds. The van der Waals surface area contributed by atoms with E-state index in [1.807, 2.05) is 12.2 Å². The number of sulfone groups is 1. The van der Waals surface area contributed by atoms with Crippen molar-refractivity contribution in [3.05, 3.63) is 52.6 Å². The first-order valence-electron chi connectivity index (χ1n) is 6.62. The normalized spacial score (nSPS) is 32.2. The second-order valence-electron chi connectivity index (χ2n) is 5.39. The van der Waals surface area contributed by atoms with Crippen molar-refractivity contribution in [3.63, 3.8) is 0 Å². The Balaban J connectivity index is 2.08. The van der Waals surface area contributed by atoms with E-state index in [1.54, 1.807) is 18.2 Å². The van der Waals surface area contributed by atoms with Crippen molar-refractivity contribution >= 4 is 9.84 Å². The highest BCUT2D eigenvalue weighted by atomic mass is 32.2. The molecule has 4 rings (SSSR count). The van der Waals surface area contributed by atoms with Crippen molar-refractivity contribution in [3.8, 4) is 0 Å². The first-order valence-corrected chi connectivity index (χ1v) is 8.17. The molecule has 0 N–H and O–H groups in total. The van der Waals surface area contributed by atoms with Crippen LogP contribution in [0.2, 0.25) is 0 Å². The summed E-state index contributed by atoms with van der Waals surface area (Å²) >= 11 is 0. The summed E-state index contributed by atoms with van der Waals surface area (Å²) in [6, 6.07) is 7.02. The molecule has 20 heavy (non-hydrogen) atoms. The van der Waals surface area contributed by atoms with Crippen LogP contribution in [-0.4, -0.2) is 24.6 Å². The van der Waals surface area contributed by atoms with Gasteiger partial charge >= 0.3 is 0 Å². The molecule has 1 fully saturated rings. The van der Waals surface area contributed by atoms with Gasteiger partial charge in [0, 0.05) is 16.8 Å². The Bertz CT molecular complexity index is 653. The fourth-order valence-corrected chi connectivity index (χ4v) is 5.58. The van der Waals surface area contributed by atoms with Crippen LogP contribution in [0.15, 0.2) is 47.4 Å². The molecule has 0 saturated heterocycles. The molecular weight excluding hydrogens is 278 g/mol. The molecule has 106 valence electrons. The quantitative estimate of drug-likeness (QED) is 0.485. The fraction of sp³-hybridized carbons (Fsp3) is 0.429. The lowest BCUT2D eigenvalue weighted by molar-refractivity contribution is -0.533. The molecule has 5 nitrogen and oxygen atoms in total. The van der Waals surface area contributed by atoms with Gasteiger partial charge in [0.2, 0.25) is 6.04 Å². The fourth-order valence-electron chi connectivity index (χ4n) is 3.38. The lowest BCUT2D eigenvalue weighted by atomic mass is 9.72. The predicted octanol–water partition coefficient (Wildman–Crippen LogP) is 2.07. The minimum absolute atomic E-state index is 0.179. The number of allylic oxidation sites excluding steroid dienone is 1. The minimum Gasteiger partial charge on any atom is -0.264 e. The first kappa shape index (κ1) is 13.3. The third kappa shape index (κ3) is 1.95. The summed E-state index contributed by atoms with van der Waals surface area (Å²) in [5.74, 6) is -0.515. The highest BCUT2D eigenvalue weighted by Crippen LogP contribution is 2.42. The molecule has 2 bridgehead atoms. The highest BCUT2D eigenvalue weighted by molar-refractivity contribution is 7.92. The zero-order valence-electron chi connectivity index (χ0n) is 10.8. The predicted molar refractivity (Wildman–Crippen MR) is 73.6 cm³/mol. The third-order valence-corrected chi connectivity index (χ3v) is 6.58. The number of hydrogen-bond acceptors (Lipinski definition) is 4. The van der Waals surface area contributed by atoms with Crippen LogP contribution in [0.25, 0.3) is 0 Å². The SMILES string of the molecule is O=[N+]([O-])[C@H]1[C@H](S(=O)(=O)c2ccccc2)[C@@H]2C=C[C@H]1CC2. The van der Waals surface area contributed by atoms with Gasteiger partial charge in [0.25, 0.3) is 0 Å². The Morgan fingerprint density at radius 1 is 1.05 bits per heavy atom. The topological polar surface area (TPSA) is 77.3 Å². The van der Waals surface area contributed by atoms with Gasteiger partial charge in [-0.05, 0) is 25.0 Å². The number of nitro groups is 1. The Hall–Kier alpha value is -1.69. The van der Waals surface area contributed by atoms with E-state index in [-0.39, 0.29) is 16.7 Å². The van der Waals surface area contributed by atoms with Crippen LogP contribution in [-0.2, 0) is 9.84 Å². The molecule has 0 aliphatic heterocycles. The maximum atomic E-state index is 12.8. The summed E-state index contributed by atoms with van der Waals surface area (Å²) in [5.41, 5.74) is 0. The average Bonchev–Trinajstić information content (AvgIpc) is 2.48. The van der Waals surface area contributed by atoms with Crippen molar-refractivity contribution in [1.29, 1.82) is 0 Å². The molecule has 6 heteroatoms. The molecule has 0 unspecified atom stereocenters.